The fourth-order valence-corrected chi connectivity index (χ4v) is 4.00. The molecule has 1 aliphatic carbocycles. The smallest absolute Gasteiger partial charge is 0.158 e. The topological polar surface area (TPSA) is 73.1 Å². The van der Waals surface area contributed by atoms with Crippen molar-refractivity contribution in [2.75, 3.05) is 12.0 Å². The molecule has 0 atom stereocenters. The van der Waals surface area contributed by atoms with Crippen molar-refractivity contribution in [2.24, 2.45) is 11.8 Å². The number of nitrogens with one attached hydrogen (secondary N) is 1. The molecule has 0 amide bonds. The summed E-state index contributed by atoms with van der Waals surface area (Å²) in [7, 11) is 0. The van der Waals surface area contributed by atoms with Crippen LogP contribution >= 0.6 is 11.3 Å². The summed E-state index contributed by atoms with van der Waals surface area (Å²) in [5.74, 6) is 7.73. The van der Waals surface area contributed by atoms with Crippen molar-refractivity contribution in [2.45, 2.75) is 46.1 Å². The van der Waals surface area contributed by atoms with E-state index in [0.717, 1.165) is 16.8 Å². The summed E-state index contributed by atoms with van der Waals surface area (Å²) in [4.78, 5) is 11.3. The maximum atomic E-state index is 5.80. The lowest BCUT2D eigenvalue weighted by Crippen LogP contribution is -2.12. The SMILES string of the molecule is Cc1sc2nc(COCC3CCCC3)nc(NN)c2c1C. The average Bonchev–Trinajstić information content (AvgIpc) is 3.08. The third-order valence-corrected chi connectivity index (χ3v) is 5.37. The van der Waals surface area contributed by atoms with Crippen molar-refractivity contribution in [3.8, 4) is 0 Å². The van der Waals surface area contributed by atoms with Crippen LogP contribution in [-0.4, -0.2) is 16.6 Å². The van der Waals surface area contributed by atoms with Crippen LogP contribution in [0.4, 0.5) is 5.82 Å². The minimum absolute atomic E-state index is 0.455. The quantitative estimate of drug-likeness (QED) is 0.655. The maximum Gasteiger partial charge on any atom is 0.158 e. The van der Waals surface area contributed by atoms with Gasteiger partial charge in [-0.2, -0.15) is 0 Å². The van der Waals surface area contributed by atoms with Gasteiger partial charge in [-0.1, -0.05) is 12.8 Å². The Bertz CT molecular complexity index is 634. The summed E-state index contributed by atoms with van der Waals surface area (Å²) < 4.78 is 5.80. The van der Waals surface area contributed by atoms with Gasteiger partial charge in [0.05, 0.1) is 5.39 Å². The molecule has 2 aromatic rings. The Hall–Kier alpha value is -1.24. The van der Waals surface area contributed by atoms with Gasteiger partial charge in [0.2, 0.25) is 0 Å². The first-order valence-corrected chi connectivity index (χ1v) is 8.31. The first kappa shape index (κ1) is 14.7. The summed E-state index contributed by atoms with van der Waals surface area (Å²) in [5, 5.41) is 1.03. The number of aromatic nitrogens is 2. The normalized spacial score (nSPS) is 16.0. The number of ether oxygens (including phenoxy) is 1. The predicted octanol–water partition coefficient (Wildman–Crippen LogP) is 3.30. The number of hydrogen-bond acceptors (Lipinski definition) is 6. The van der Waals surface area contributed by atoms with Crippen LogP contribution in [0.2, 0.25) is 0 Å². The van der Waals surface area contributed by atoms with Gasteiger partial charge in [0, 0.05) is 11.5 Å². The second-order valence-electron chi connectivity index (χ2n) is 5.76. The van der Waals surface area contributed by atoms with E-state index in [-0.39, 0.29) is 0 Å². The molecule has 1 aliphatic rings. The maximum absolute atomic E-state index is 5.80. The minimum atomic E-state index is 0.455. The van der Waals surface area contributed by atoms with E-state index in [1.807, 2.05) is 0 Å². The largest absolute Gasteiger partial charge is 0.373 e. The average molecular weight is 306 g/mol. The first-order valence-electron chi connectivity index (χ1n) is 7.50. The van der Waals surface area contributed by atoms with Crippen molar-refractivity contribution >= 4 is 27.4 Å². The zero-order valence-corrected chi connectivity index (χ0v) is 13.4. The van der Waals surface area contributed by atoms with Gasteiger partial charge in [0.15, 0.2) is 11.6 Å². The zero-order chi connectivity index (χ0) is 14.8. The summed E-state index contributed by atoms with van der Waals surface area (Å²) in [6.07, 6.45) is 5.26. The van der Waals surface area contributed by atoms with E-state index >= 15 is 0 Å². The third kappa shape index (κ3) is 3.02. The molecule has 0 saturated heterocycles. The Labute approximate surface area is 128 Å². The van der Waals surface area contributed by atoms with Gasteiger partial charge < -0.3 is 10.2 Å². The molecule has 0 unspecified atom stereocenters. The molecular formula is C15H22N4OS. The molecule has 0 aliphatic heterocycles. The number of hydrazine groups is 1. The van der Waals surface area contributed by atoms with Crippen LogP contribution in [0.25, 0.3) is 10.2 Å². The number of fused-ring (bicyclic) bond motifs is 1. The van der Waals surface area contributed by atoms with E-state index in [4.69, 9.17) is 10.6 Å². The van der Waals surface area contributed by atoms with Crippen molar-refractivity contribution in [1.29, 1.82) is 0 Å². The highest BCUT2D eigenvalue weighted by Gasteiger charge is 2.16. The summed E-state index contributed by atoms with van der Waals surface area (Å²) in [6, 6.07) is 0. The molecular weight excluding hydrogens is 284 g/mol. The Morgan fingerprint density at radius 3 is 2.76 bits per heavy atom. The number of hydrogen-bond donors (Lipinski definition) is 2. The number of nitrogen functional groups attached to an aromatic ring is 1. The van der Waals surface area contributed by atoms with Crippen LogP contribution in [0.5, 0.6) is 0 Å². The molecule has 3 rings (SSSR count). The molecule has 2 aromatic heterocycles. The number of anilines is 1. The van der Waals surface area contributed by atoms with Crippen LogP contribution in [-0.2, 0) is 11.3 Å². The number of aryl methyl sites for hydroxylation is 2. The van der Waals surface area contributed by atoms with Crippen molar-refractivity contribution in [3.05, 3.63) is 16.3 Å². The summed E-state index contributed by atoms with van der Waals surface area (Å²) in [5.41, 5.74) is 3.89. The summed E-state index contributed by atoms with van der Waals surface area (Å²) in [6.45, 7) is 5.44. The fraction of sp³-hybridized carbons (Fsp3) is 0.600. The zero-order valence-electron chi connectivity index (χ0n) is 12.6. The Morgan fingerprint density at radius 1 is 1.29 bits per heavy atom. The Balaban J connectivity index is 1.76. The Morgan fingerprint density at radius 2 is 2.05 bits per heavy atom. The monoisotopic (exact) mass is 306 g/mol. The predicted molar refractivity (Wildman–Crippen MR) is 86.3 cm³/mol. The van der Waals surface area contributed by atoms with Crippen molar-refractivity contribution < 1.29 is 4.74 Å². The molecule has 6 heteroatoms. The van der Waals surface area contributed by atoms with Gasteiger partial charge in [-0.05, 0) is 38.2 Å². The molecule has 0 spiro atoms. The van der Waals surface area contributed by atoms with Gasteiger partial charge >= 0.3 is 0 Å². The number of rotatable bonds is 5. The molecule has 114 valence electrons. The van der Waals surface area contributed by atoms with Gasteiger partial charge in [-0.15, -0.1) is 11.3 Å². The van der Waals surface area contributed by atoms with Crippen molar-refractivity contribution in [1.82, 2.24) is 9.97 Å². The molecule has 1 saturated carbocycles. The second kappa shape index (κ2) is 6.25. The summed E-state index contributed by atoms with van der Waals surface area (Å²) >= 11 is 1.68. The van der Waals surface area contributed by atoms with Gasteiger partial charge in [-0.3, -0.25) is 0 Å². The van der Waals surface area contributed by atoms with E-state index < -0.39 is 0 Å². The fourth-order valence-electron chi connectivity index (χ4n) is 2.96. The third-order valence-electron chi connectivity index (χ3n) is 4.27. The highest BCUT2D eigenvalue weighted by atomic mass is 32.1. The van der Waals surface area contributed by atoms with E-state index in [0.29, 0.717) is 24.2 Å². The van der Waals surface area contributed by atoms with Crippen LogP contribution in [0, 0.1) is 19.8 Å². The lowest BCUT2D eigenvalue weighted by molar-refractivity contribution is 0.0846. The van der Waals surface area contributed by atoms with E-state index in [9.17, 15) is 0 Å². The standard InChI is InChI=1S/C15H22N4OS/c1-9-10(2)21-15-13(9)14(19-16)17-12(18-15)8-20-7-11-5-3-4-6-11/h11H,3-8,16H2,1-2H3,(H,17,18,19). The van der Waals surface area contributed by atoms with Crippen LogP contribution in [0.15, 0.2) is 0 Å². The van der Waals surface area contributed by atoms with Crippen molar-refractivity contribution in [3.63, 3.8) is 0 Å². The Kier molecular flexibility index (Phi) is 4.37. The lowest BCUT2D eigenvalue weighted by Gasteiger charge is -2.10. The molecule has 3 N–H and O–H groups in total. The molecule has 21 heavy (non-hydrogen) atoms. The van der Waals surface area contributed by atoms with Crippen LogP contribution in [0.3, 0.4) is 0 Å². The number of nitrogens with two attached hydrogens (primary N) is 1. The van der Waals surface area contributed by atoms with Gasteiger partial charge in [0.25, 0.3) is 0 Å². The van der Waals surface area contributed by atoms with E-state index in [2.05, 4.69) is 29.2 Å². The van der Waals surface area contributed by atoms with Gasteiger partial charge in [-0.25, -0.2) is 15.8 Å². The first-order chi connectivity index (χ1) is 10.2. The number of thiophene rings is 1. The highest BCUT2D eigenvalue weighted by Crippen LogP contribution is 2.33. The molecule has 1 fully saturated rings. The molecule has 0 aromatic carbocycles. The minimum Gasteiger partial charge on any atom is -0.373 e. The highest BCUT2D eigenvalue weighted by molar-refractivity contribution is 7.18. The number of nitrogens with zero attached hydrogens (tertiary/aromatic N) is 2. The van der Waals surface area contributed by atoms with Gasteiger partial charge in [0.1, 0.15) is 11.4 Å². The molecule has 0 radical (unpaired) electrons. The van der Waals surface area contributed by atoms with E-state index in [1.165, 1.54) is 36.1 Å². The van der Waals surface area contributed by atoms with Crippen LogP contribution in [0.1, 0.15) is 41.9 Å². The molecule has 0 bridgehead atoms. The molecule has 2 heterocycles. The molecule has 5 nitrogen and oxygen atoms in total. The second-order valence-corrected chi connectivity index (χ2v) is 6.96. The lowest BCUT2D eigenvalue weighted by atomic mass is 10.1. The van der Waals surface area contributed by atoms with Crippen LogP contribution < -0.4 is 11.3 Å². The van der Waals surface area contributed by atoms with E-state index in [1.54, 1.807) is 11.3 Å².